The molecule has 0 aromatic heterocycles. The Labute approximate surface area is 99.2 Å². The van der Waals surface area contributed by atoms with E-state index in [4.69, 9.17) is 22.3 Å². The first-order valence-corrected chi connectivity index (χ1v) is 5.18. The first kappa shape index (κ1) is 15.2. The van der Waals surface area contributed by atoms with Gasteiger partial charge >= 0.3 is 5.97 Å². The fourth-order valence-electron chi connectivity index (χ4n) is 1.06. The Bertz CT molecular complexity index is 299. The first-order chi connectivity index (χ1) is 7.84. The average molecular weight is 245 g/mol. The number of carbonyl (C=O) groups is 2. The molecule has 0 rings (SSSR count). The van der Waals surface area contributed by atoms with Crippen molar-refractivity contribution in [3.63, 3.8) is 0 Å². The zero-order chi connectivity index (χ0) is 13.4. The lowest BCUT2D eigenvalue weighted by Crippen LogP contribution is -2.47. The van der Waals surface area contributed by atoms with E-state index in [1.165, 1.54) is 6.92 Å². The van der Waals surface area contributed by atoms with Gasteiger partial charge in [-0.3, -0.25) is 9.79 Å². The van der Waals surface area contributed by atoms with Gasteiger partial charge in [0, 0.05) is 6.54 Å². The maximum absolute atomic E-state index is 11.2. The highest BCUT2D eigenvalue weighted by atomic mass is 16.4. The summed E-state index contributed by atoms with van der Waals surface area (Å²) < 4.78 is 0. The van der Waals surface area contributed by atoms with Crippen LogP contribution in [0.25, 0.3) is 0 Å². The van der Waals surface area contributed by atoms with Crippen molar-refractivity contribution < 1.29 is 14.7 Å². The molecule has 0 heterocycles. The summed E-state index contributed by atoms with van der Waals surface area (Å²) in [7, 11) is 0. The van der Waals surface area contributed by atoms with Gasteiger partial charge in [0.15, 0.2) is 5.96 Å². The number of aliphatic carboxylic acids is 1. The maximum Gasteiger partial charge on any atom is 0.326 e. The van der Waals surface area contributed by atoms with Crippen molar-refractivity contribution in [3.05, 3.63) is 0 Å². The molecule has 1 amide bonds. The Morgan fingerprint density at radius 2 is 2.00 bits per heavy atom. The molecule has 0 aromatic carbocycles. The molecule has 8 heteroatoms. The van der Waals surface area contributed by atoms with Crippen LogP contribution in [0.3, 0.4) is 0 Å². The van der Waals surface area contributed by atoms with E-state index in [-0.39, 0.29) is 12.4 Å². The van der Waals surface area contributed by atoms with Crippen LogP contribution in [0.1, 0.15) is 19.8 Å². The minimum atomic E-state index is -1.11. The molecule has 0 aliphatic heterocycles. The zero-order valence-corrected chi connectivity index (χ0v) is 9.72. The minimum absolute atomic E-state index is 0.0449. The molecule has 98 valence electrons. The van der Waals surface area contributed by atoms with Crippen molar-refractivity contribution in [3.8, 4) is 0 Å². The highest BCUT2D eigenvalue weighted by molar-refractivity contribution is 5.86. The molecule has 0 aliphatic rings. The fraction of sp³-hybridized carbons (Fsp3) is 0.667. The third kappa shape index (κ3) is 7.12. The zero-order valence-electron chi connectivity index (χ0n) is 9.72. The molecule has 0 radical (unpaired) electrons. The quantitative estimate of drug-likeness (QED) is 0.197. The normalized spacial score (nSPS) is 13.5. The molecule has 2 atom stereocenters. The van der Waals surface area contributed by atoms with E-state index in [2.05, 4.69) is 10.3 Å². The maximum atomic E-state index is 11.2. The van der Waals surface area contributed by atoms with Crippen molar-refractivity contribution in [2.24, 2.45) is 22.2 Å². The predicted molar refractivity (Wildman–Crippen MR) is 63.1 cm³/mol. The molecule has 8 N–H and O–H groups in total. The molecule has 0 bridgehead atoms. The van der Waals surface area contributed by atoms with E-state index in [9.17, 15) is 9.59 Å². The van der Waals surface area contributed by atoms with Crippen LogP contribution in [0, 0.1) is 0 Å². The summed E-state index contributed by atoms with van der Waals surface area (Å²) >= 11 is 0. The van der Waals surface area contributed by atoms with Crippen molar-refractivity contribution >= 4 is 17.8 Å². The molecule has 0 fully saturated rings. The highest BCUT2D eigenvalue weighted by Crippen LogP contribution is 1.99. The number of rotatable bonds is 7. The van der Waals surface area contributed by atoms with Gasteiger partial charge in [0.25, 0.3) is 0 Å². The average Bonchev–Trinajstić information content (AvgIpc) is 2.21. The standard InChI is InChI=1S/C9H19N5O3/c1-5(10)7(15)14-6(8(16)17)3-2-4-13-9(11)12/h5-6H,2-4,10H2,1H3,(H,14,15)(H,16,17)(H4,11,12,13)/t5-,6+/m0/s1. The number of hydrogen-bond donors (Lipinski definition) is 5. The van der Waals surface area contributed by atoms with Crippen molar-refractivity contribution in [2.45, 2.75) is 31.8 Å². The van der Waals surface area contributed by atoms with Crippen molar-refractivity contribution in [1.29, 1.82) is 0 Å². The van der Waals surface area contributed by atoms with Crippen LogP contribution < -0.4 is 22.5 Å². The summed E-state index contributed by atoms with van der Waals surface area (Å²) in [5.74, 6) is -1.65. The Morgan fingerprint density at radius 1 is 1.41 bits per heavy atom. The van der Waals surface area contributed by atoms with Gasteiger partial charge in [-0.2, -0.15) is 0 Å². The topological polar surface area (TPSA) is 157 Å². The van der Waals surface area contributed by atoms with Gasteiger partial charge in [-0.05, 0) is 19.8 Å². The lowest BCUT2D eigenvalue weighted by atomic mass is 10.1. The minimum Gasteiger partial charge on any atom is -0.480 e. The van der Waals surface area contributed by atoms with Gasteiger partial charge in [-0.1, -0.05) is 0 Å². The van der Waals surface area contributed by atoms with Crippen molar-refractivity contribution in [2.75, 3.05) is 6.54 Å². The Kier molecular flexibility index (Phi) is 6.64. The monoisotopic (exact) mass is 245 g/mol. The molecule has 8 nitrogen and oxygen atoms in total. The van der Waals surface area contributed by atoms with Gasteiger partial charge in [0.2, 0.25) is 5.91 Å². The summed E-state index contributed by atoms with van der Waals surface area (Å²) in [6.07, 6.45) is 0.693. The van der Waals surface area contributed by atoms with Crippen LogP contribution >= 0.6 is 0 Å². The molecule has 0 aromatic rings. The van der Waals surface area contributed by atoms with Gasteiger partial charge < -0.3 is 27.6 Å². The van der Waals surface area contributed by atoms with Crippen LogP contribution in [0.2, 0.25) is 0 Å². The highest BCUT2D eigenvalue weighted by Gasteiger charge is 2.20. The van der Waals surface area contributed by atoms with Crippen LogP contribution in [0.5, 0.6) is 0 Å². The predicted octanol–water partition coefficient (Wildman–Crippen LogP) is -2.04. The van der Waals surface area contributed by atoms with E-state index in [1.54, 1.807) is 0 Å². The van der Waals surface area contributed by atoms with Crippen LogP contribution in [0.15, 0.2) is 4.99 Å². The number of carboxylic acid groups (broad SMARTS) is 1. The lowest BCUT2D eigenvalue weighted by Gasteiger charge is -2.15. The summed E-state index contributed by atoms with van der Waals surface area (Å²) in [6.45, 7) is 1.80. The fourth-order valence-corrected chi connectivity index (χ4v) is 1.06. The molecule has 0 unspecified atom stereocenters. The number of carboxylic acids is 1. The van der Waals surface area contributed by atoms with E-state index in [0.717, 1.165) is 0 Å². The third-order valence-corrected chi connectivity index (χ3v) is 1.97. The molecule has 0 saturated carbocycles. The number of nitrogens with one attached hydrogen (secondary N) is 1. The molecule has 0 spiro atoms. The Morgan fingerprint density at radius 3 is 2.41 bits per heavy atom. The van der Waals surface area contributed by atoms with E-state index in [1.807, 2.05) is 0 Å². The Hall–Kier alpha value is -1.83. The number of nitrogens with two attached hydrogens (primary N) is 3. The smallest absolute Gasteiger partial charge is 0.326 e. The lowest BCUT2D eigenvalue weighted by molar-refractivity contribution is -0.142. The van der Waals surface area contributed by atoms with Crippen LogP contribution in [-0.4, -0.2) is 41.6 Å². The number of amides is 1. The van der Waals surface area contributed by atoms with Gasteiger partial charge in [0.1, 0.15) is 6.04 Å². The van der Waals surface area contributed by atoms with Crippen molar-refractivity contribution in [1.82, 2.24) is 5.32 Å². The number of guanidine groups is 1. The summed E-state index contributed by atoms with van der Waals surface area (Å²) in [6, 6.07) is -1.71. The molecular weight excluding hydrogens is 226 g/mol. The molecule has 0 aliphatic carbocycles. The van der Waals surface area contributed by atoms with E-state index < -0.39 is 24.0 Å². The van der Waals surface area contributed by atoms with E-state index in [0.29, 0.717) is 13.0 Å². The third-order valence-electron chi connectivity index (χ3n) is 1.97. The summed E-state index contributed by atoms with van der Waals surface area (Å²) in [5.41, 5.74) is 15.5. The number of carbonyl (C=O) groups excluding carboxylic acids is 1. The second-order valence-electron chi connectivity index (χ2n) is 3.64. The molecule has 0 saturated heterocycles. The van der Waals surface area contributed by atoms with Gasteiger partial charge in [-0.25, -0.2) is 4.79 Å². The molecular formula is C9H19N5O3. The van der Waals surface area contributed by atoms with Crippen LogP contribution in [-0.2, 0) is 9.59 Å². The first-order valence-electron chi connectivity index (χ1n) is 5.18. The number of hydrogen-bond acceptors (Lipinski definition) is 4. The molecule has 17 heavy (non-hydrogen) atoms. The summed E-state index contributed by atoms with van der Waals surface area (Å²) in [5, 5.41) is 11.2. The SMILES string of the molecule is C[C@H](N)C(=O)N[C@H](CCCN=C(N)N)C(=O)O. The van der Waals surface area contributed by atoms with Gasteiger partial charge in [0.05, 0.1) is 6.04 Å². The van der Waals surface area contributed by atoms with E-state index >= 15 is 0 Å². The second kappa shape index (κ2) is 7.44. The van der Waals surface area contributed by atoms with Crippen LogP contribution in [0.4, 0.5) is 0 Å². The number of nitrogens with zero attached hydrogens (tertiary/aromatic N) is 1. The van der Waals surface area contributed by atoms with Gasteiger partial charge in [-0.15, -0.1) is 0 Å². The summed E-state index contributed by atoms with van der Waals surface area (Å²) in [4.78, 5) is 25.8. The largest absolute Gasteiger partial charge is 0.480 e. The number of aliphatic imine (C=N–C) groups is 1. The second-order valence-corrected chi connectivity index (χ2v) is 3.64. The Balaban J connectivity index is 4.13.